The topological polar surface area (TPSA) is 68.3 Å². The third kappa shape index (κ3) is 5.27. The monoisotopic (exact) mass is 330 g/mol. The number of amides is 2. The van der Waals surface area contributed by atoms with Crippen molar-refractivity contribution in [3.05, 3.63) is 0 Å². The summed E-state index contributed by atoms with van der Waals surface area (Å²) in [5, 5.41) is 0. The first kappa shape index (κ1) is 19.5. The number of hydrogen-bond donors (Lipinski definition) is 0. The highest BCUT2D eigenvalue weighted by molar-refractivity contribution is 5.68. The minimum atomic E-state index is -0.411. The van der Waals surface area contributed by atoms with Gasteiger partial charge in [0.1, 0.15) is 6.23 Å². The van der Waals surface area contributed by atoms with Gasteiger partial charge in [0.05, 0.1) is 33.4 Å². The Morgan fingerprint density at radius 2 is 1.91 bits per heavy atom. The molecule has 7 heteroatoms. The highest BCUT2D eigenvalue weighted by Gasteiger charge is 2.44. The van der Waals surface area contributed by atoms with Crippen molar-refractivity contribution in [3.8, 4) is 0 Å². The van der Waals surface area contributed by atoms with Crippen molar-refractivity contribution in [1.82, 2.24) is 9.80 Å². The molecule has 2 atom stereocenters. The van der Waals surface area contributed by atoms with E-state index in [9.17, 15) is 9.59 Å². The van der Waals surface area contributed by atoms with Crippen molar-refractivity contribution in [2.24, 2.45) is 5.41 Å². The van der Waals surface area contributed by atoms with E-state index < -0.39 is 6.09 Å². The third-order valence-corrected chi connectivity index (χ3v) is 3.79. The van der Waals surface area contributed by atoms with Crippen LogP contribution in [0.25, 0.3) is 0 Å². The maximum absolute atomic E-state index is 12.0. The predicted octanol–water partition coefficient (Wildman–Crippen LogP) is 2.69. The van der Waals surface area contributed by atoms with Crippen LogP contribution in [0.15, 0.2) is 0 Å². The molecule has 134 valence electrons. The fourth-order valence-corrected chi connectivity index (χ4v) is 2.65. The van der Waals surface area contributed by atoms with Crippen LogP contribution in [0.2, 0.25) is 0 Å². The first-order valence-electron chi connectivity index (χ1n) is 8.07. The first-order chi connectivity index (χ1) is 10.7. The highest BCUT2D eigenvalue weighted by atomic mass is 16.6. The Labute approximate surface area is 138 Å². The highest BCUT2D eigenvalue weighted by Crippen LogP contribution is 2.32. The van der Waals surface area contributed by atoms with Gasteiger partial charge in [-0.15, -0.1) is 0 Å². The summed E-state index contributed by atoms with van der Waals surface area (Å²) in [5.74, 6) is 0. The van der Waals surface area contributed by atoms with Gasteiger partial charge in [-0.2, -0.15) is 0 Å². The Kier molecular flexibility index (Phi) is 7.12. The van der Waals surface area contributed by atoms with E-state index in [4.69, 9.17) is 14.2 Å². The van der Waals surface area contributed by atoms with E-state index >= 15 is 0 Å². The van der Waals surface area contributed by atoms with Crippen LogP contribution in [0.3, 0.4) is 0 Å². The molecule has 1 aliphatic rings. The van der Waals surface area contributed by atoms with Crippen LogP contribution in [-0.4, -0.2) is 68.2 Å². The van der Waals surface area contributed by atoms with E-state index in [2.05, 4.69) is 6.92 Å². The average molecular weight is 330 g/mol. The standard InChI is InChI=1S/C16H30N2O5/c1-7-8-9-17(14(19)21-5)10-12-11-18(15(20)22-6)13(23-12)16(2,3)4/h12-13H,7-11H2,1-6H3/t12-,13-/m1/s1. The van der Waals surface area contributed by atoms with Crippen LogP contribution in [0.4, 0.5) is 9.59 Å². The molecule has 0 radical (unpaired) electrons. The molecule has 0 spiro atoms. The number of hydrogen-bond acceptors (Lipinski definition) is 5. The Morgan fingerprint density at radius 3 is 2.39 bits per heavy atom. The van der Waals surface area contributed by atoms with E-state index in [1.165, 1.54) is 14.2 Å². The molecule has 0 saturated carbocycles. The fraction of sp³-hybridized carbons (Fsp3) is 0.875. The molecule has 7 nitrogen and oxygen atoms in total. The molecule has 0 aromatic carbocycles. The van der Waals surface area contributed by atoms with Gasteiger partial charge in [0.2, 0.25) is 0 Å². The van der Waals surface area contributed by atoms with E-state index in [1.807, 2.05) is 20.8 Å². The molecule has 1 saturated heterocycles. The number of carbonyl (C=O) groups excluding carboxylic acids is 2. The van der Waals surface area contributed by atoms with Gasteiger partial charge in [0.15, 0.2) is 0 Å². The summed E-state index contributed by atoms with van der Waals surface area (Å²) in [6, 6.07) is 0. The minimum absolute atomic E-state index is 0.248. The van der Waals surface area contributed by atoms with E-state index in [-0.39, 0.29) is 23.8 Å². The van der Waals surface area contributed by atoms with Crippen molar-refractivity contribution in [1.29, 1.82) is 0 Å². The van der Waals surface area contributed by atoms with E-state index in [0.717, 1.165) is 12.8 Å². The largest absolute Gasteiger partial charge is 0.453 e. The molecule has 1 heterocycles. The summed E-state index contributed by atoms with van der Waals surface area (Å²) in [6.07, 6.45) is 0.458. The Morgan fingerprint density at radius 1 is 1.26 bits per heavy atom. The van der Waals surface area contributed by atoms with Crippen molar-refractivity contribution in [3.63, 3.8) is 0 Å². The maximum Gasteiger partial charge on any atom is 0.411 e. The molecule has 0 aromatic rings. The Bertz CT molecular complexity index is 408. The number of carbonyl (C=O) groups is 2. The second-order valence-electron chi connectivity index (χ2n) is 6.87. The van der Waals surface area contributed by atoms with Gasteiger partial charge in [-0.1, -0.05) is 34.1 Å². The normalized spacial score (nSPS) is 21.2. The number of ether oxygens (including phenoxy) is 3. The van der Waals surface area contributed by atoms with Crippen molar-refractivity contribution >= 4 is 12.2 Å². The fourth-order valence-electron chi connectivity index (χ4n) is 2.65. The molecule has 0 bridgehead atoms. The minimum Gasteiger partial charge on any atom is -0.453 e. The molecule has 0 N–H and O–H groups in total. The number of methoxy groups -OCH3 is 2. The van der Waals surface area contributed by atoms with Gasteiger partial charge >= 0.3 is 12.2 Å². The average Bonchev–Trinajstić information content (AvgIpc) is 2.94. The molecule has 0 aromatic heterocycles. The summed E-state index contributed by atoms with van der Waals surface area (Å²) in [6.45, 7) is 9.49. The molecular weight excluding hydrogens is 300 g/mol. The molecule has 1 fully saturated rings. The summed E-state index contributed by atoms with van der Waals surface area (Å²) < 4.78 is 15.7. The van der Waals surface area contributed by atoms with Crippen LogP contribution in [0, 0.1) is 5.41 Å². The molecule has 0 aliphatic carbocycles. The van der Waals surface area contributed by atoms with Crippen molar-refractivity contribution in [2.45, 2.75) is 52.9 Å². The van der Waals surface area contributed by atoms with Gasteiger partial charge in [-0.05, 0) is 6.42 Å². The SMILES string of the molecule is CCCCN(C[C@@H]1CN(C(=O)OC)[C@@H](C(C)(C)C)O1)C(=O)OC. The molecule has 1 rings (SSSR count). The van der Waals surface area contributed by atoms with Gasteiger partial charge < -0.3 is 19.1 Å². The lowest BCUT2D eigenvalue weighted by atomic mass is 9.94. The van der Waals surface area contributed by atoms with Gasteiger partial charge in [-0.25, -0.2) is 9.59 Å². The van der Waals surface area contributed by atoms with Gasteiger partial charge in [0, 0.05) is 12.0 Å². The predicted molar refractivity (Wildman–Crippen MR) is 86.1 cm³/mol. The summed E-state index contributed by atoms with van der Waals surface area (Å²) in [7, 11) is 2.73. The quantitative estimate of drug-likeness (QED) is 0.775. The zero-order valence-corrected chi connectivity index (χ0v) is 15.1. The molecule has 1 aliphatic heterocycles. The first-order valence-corrected chi connectivity index (χ1v) is 8.07. The van der Waals surface area contributed by atoms with E-state index in [1.54, 1.807) is 9.80 Å². The lowest BCUT2D eigenvalue weighted by Gasteiger charge is -2.32. The Balaban J connectivity index is 2.80. The maximum atomic E-state index is 12.0. The summed E-state index contributed by atoms with van der Waals surface area (Å²) in [4.78, 5) is 27.1. The van der Waals surface area contributed by atoms with Gasteiger partial charge in [-0.3, -0.25) is 4.90 Å². The second kappa shape index (κ2) is 8.38. The molecule has 2 amide bonds. The van der Waals surface area contributed by atoms with E-state index in [0.29, 0.717) is 19.6 Å². The lowest BCUT2D eigenvalue weighted by molar-refractivity contribution is -0.0671. The van der Waals surface area contributed by atoms with Crippen molar-refractivity contribution in [2.75, 3.05) is 33.9 Å². The molecule has 23 heavy (non-hydrogen) atoms. The van der Waals surface area contributed by atoms with Crippen LogP contribution in [0.1, 0.15) is 40.5 Å². The lowest BCUT2D eigenvalue weighted by Crippen LogP contribution is -2.43. The van der Waals surface area contributed by atoms with Crippen LogP contribution in [0.5, 0.6) is 0 Å². The zero-order chi connectivity index (χ0) is 17.6. The van der Waals surface area contributed by atoms with Crippen LogP contribution < -0.4 is 0 Å². The zero-order valence-electron chi connectivity index (χ0n) is 15.1. The smallest absolute Gasteiger partial charge is 0.411 e. The Hall–Kier alpha value is -1.50. The summed E-state index contributed by atoms with van der Waals surface area (Å²) in [5.41, 5.74) is -0.248. The number of rotatable bonds is 5. The summed E-state index contributed by atoms with van der Waals surface area (Å²) >= 11 is 0. The van der Waals surface area contributed by atoms with Gasteiger partial charge in [0.25, 0.3) is 0 Å². The molecule has 0 unspecified atom stereocenters. The third-order valence-electron chi connectivity index (χ3n) is 3.79. The number of nitrogens with zero attached hydrogens (tertiary/aromatic N) is 2. The molecular formula is C16H30N2O5. The number of unbranched alkanes of at least 4 members (excludes halogenated alkanes) is 1. The van der Waals surface area contributed by atoms with Crippen LogP contribution >= 0.6 is 0 Å². The van der Waals surface area contributed by atoms with Crippen LogP contribution in [-0.2, 0) is 14.2 Å². The van der Waals surface area contributed by atoms with Crippen molar-refractivity contribution < 1.29 is 23.8 Å². The second-order valence-corrected chi connectivity index (χ2v) is 6.87.